The summed E-state index contributed by atoms with van der Waals surface area (Å²) in [6.45, 7) is 1.50. The summed E-state index contributed by atoms with van der Waals surface area (Å²) in [5.74, 6) is 0.00203. The van der Waals surface area contributed by atoms with Gasteiger partial charge in [0.1, 0.15) is 17.8 Å². The maximum atomic E-state index is 12.4. The third-order valence-corrected chi connectivity index (χ3v) is 3.89. The zero-order valence-electron chi connectivity index (χ0n) is 13.9. The first-order valence-corrected chi connectivity index (χ1v) is 8.16. The number of carbonyl (C=O) groups is 2. The highest BCUT2D eigenvalue weighted by atomic mass is 35.5. The standard InChI is InChI=1S/C19H15ClN4O2/c1-12(25)13-5-4-6-14(9-13)23-18-10-17(21-11-22-18)19(26)24-16-8-3-2-7-15(16)20/h2-11H,1H3,(H,24,26)(H,21,22,23). The molecule has 7 heteroatoms. The maximum absolute atomic E-state index is 12.4. The normalized spacial score (nSPS) is 10.2. The van der Waals surface area contributed by atoms with Gasteiger partial charge in [0.2, 0.25) is 0 Å². The Morgan fingerprint density at radius 2 is 1.81 bits per heavy atom. The molecule has 0 fully saturated rings. The summed E-state index contributed by atoms with van der Waals surface area (Å²) in [7, 11) is 0. The monoisotopic (exact) mass is 366 g/mol. The molecule has 3 aromatic rings. The molecule has 0 atom stereocenters. The van der Waals surface area contributed by atoms with Crippen LogP contribution in [0.5, 0.6) is 0 Å². The first kappa shape index (κ1) is 17.6. The fourth-order valence-electron chi connectivity index (χ4n) is 2.26. The van der Waals surface area contributed by atoms with E-state index in [-0.39, 0.29) is 11.5 Å². The number of aromatic nitrogens is 2. The predicted octanol–water partition coefficient (Wildman–Crippen LogP) is 4.33. The number of nitrogens with zero attached hydrogens (tertiary/aromatic N) is 2. The first-order chi connectivity index (χ1) is 12.5. The van der Waals surface area contributed by atoms with Gasteiger partial charge in [0.05, 0.1) is 10.7 Å². The van der Waals surface area contributed by atoms with Crippen LogP contribution in [0.3, 0.4) is 0 Å². The molecule has 6 nitrogen and oxygen atoms in total. The number of anilines is 3. The number of benzene rings is 2. The second-order valence-corrected chi connectivity index (χ2v) is 5.89. The van der Waals surface area contributed by atoms with Crippen molar-refractivity contribution in [2.75, 3.05) is 10.6 Å². The van der Waals surface area contributed by atoms with Crippen molar-refractivity contribution in [3.63, 3.8) is 0 Å². The van der Waals surface area contributed by atoms with Gasteiger partial charge in [-0.3, -0.25) is 9.59 Å². The van der Waals surface area contributed by atoms with Crippen LogP contribution in [0.25, 0.3) is 0 Å². The molecule has 1 amide bonds. The van der Waals surface area contributed by atoms with Crippen LogP contribution in [-0.2, 0) is 0 Å². The molecular formula is C19H15ClN4O2. The Bertz CT molecular complexity index is 975. The molecule has 3 rings (SSSR count). The minimum atomic E-state index is -0.402. The Kier molecular flexibility index (Phi) is 5.24. The Morgan fingerprint density at radius 3 is 2.58 bits per heavy atom. The Labute approximate surface area is 155 Å². The van der Waals surface area contributed by atoms with E-state index in [4.69, 9.17) is 11.6 Å². The smallest absolute Gasteiger partial charge is 0.274 e. The first-order valence-electron chi connectivity index (χ1n) is 7.79. The van der Waals surface area contributed by atoms with Crippen LogP contribution >= 0.6 is 11.6 Å². The second kappa shape index (κ2) is 7.76. The van der Waals surface area contributed by atoms with Crippen LogP contribution in [0, 0.1) is 0 Å². The van der Waals surface area contributed by atoms with Crippen molar-refractivity contribution in [3.8, 4) is 0 Å². The molecule has 0 saturated carbocycles. The molecule has 0 aliphatic rings. The number of carbonyl (C=O) groups excluding carboxylic acids is 2. The van der Waals surface area contributed by atoms with Crippen LogP contribution < -0.4 is 10.6 Å². The van der Waals surface area contributed by atoms with Crippen molar-refractivity contribution < 1.29 is 9.59 Å². The lowest BCUT2D eigenvalue weighted by molar-refractivity contribution is 0.101. The molecule has 0 saturated heterocycles. The fraction of sp³-hybridized carbons (Fsp3) is 0.0526. The summed E-state index contributed by atoms with van der Waals surface area (Å²) in [6, 6.07) is 15.5. The molecule has 0 radical (unpaired) electrons. The van der Waals surface area contributed by atoms with Gasteiger partial charge in [0.15, 0.2) is 5.78 Å². The topological polar surface area (TPSA) is 84.0 Å². The molecule has 0 aliphatic heterocycles. The van der Waals surface area contributed by atoms with Gasteiger partial charge >= 0.3 is 0 Å². The van der Waals surface area contributed by atoms with E-state index >= 15 is 0 Å². The van der Waals surface area contributed by atoms with Crippen LogP contribution in [0.4, 0.5) is 17.2 Å². The molecule has 1 aromatic heterocycles. The Morgan fingerprint density at radius 1 is 1.00 bits per heavy atom. The van der Waals surface area contributed by atoms with E-state index in [0.29, 0.717) is 27.8 Å². The van der Waals surface area contributed by atoms with Crippen molar-refractivity contribution in [2.45, 2.75) is 6.92 Å². The van der Waals surface area contributed by atoms with Crippen LogP contribution in [0.2, 0.25) is 5.02 Å². The van der Waals surface area contributed by atoms with Crippen molar-refractivity contribution in [1.29, 1.82) is 0 Å². The van der Waals surface area contributed by atoms with E-state index in [9.17, 15) is 9.59 Å². The largest absolute Gasteiger partial charge is 0.340 e. The number of Topliss-reactive ketones (excluding diaryl/α,β-unsaturated/α-hetero) is 1. The fourth-order valence-corrected chi connectivity index (χ4v) is 2.45. The molecule has 130 valence electrons. The van der Waals surface area contributed by atoms with E-state index in [1.54, 1.807) is 48.5 Å². The molecule has 1 heterocycles. The Balaban J connectivity index is 1.78. The highest BCUT2D eigenvalue weighted by Crippen LogP contribution is 2.21. The minimum absolute atomic E-state index is 0.0313. The lowest BCUT2D eigenvalue weighted by atomic mass is 10.1. The second-order valence-electron chi connectivity index (χ2n) is 5.48. The van der Waals surface area contributed by atoms with Crippen LogP contribution in [0.15, 0.2) is 60.9 Å². The molecular weight excluding hydrogens is 352 g/mol. The van der Waals surface area contributed by atoms with E-state index in [2.05, 4.69) is 20.6 Å². The predicted molar refractivity (Wildman–Crippen MR) is 101 cm³/mol. The van der Waals surface area contributed by atoms with Gasteiger partial charge in [-0.05, 0) is 31.2 Å². The van der Waals surface area contributed by atoms with Crippen molar-refractivity contribution >= 4 is 40.5 Å². The quantitative estimate of drug-likeness (QED) is 0.656. The summed E-state index contributed by atoms with van der Waals surface area (Å²) < 4.78 is 0. The van der Waals surface area contributed by atoms with E-state index < -0.39 is 5.91 Å². The number of amides is 1. The lowest BCUT2D eigenvalue weighted by Gasteiger charge is -2.09. The van der Waals surface area contributed by atoms with E-state index in [1.165, 1.54) is 19.3 Å². The minimum Gasteiger partial charge on any atom is -0.340 e. The van der Waals surface area contributed by atoms with Crippen molar-refractivity contribution in [1.82, 2.24) is 9.97 Å². The molecule has 2 aromatic carbocycles. The average Bonchev–Trinajstić information content (AvgIpc) is 2.64. The van der Waals surface area contributed by atoms with Gasteiger partial charge in [-0.25, -0.2) is 9.97 Å². The molecule has 0 aliphatic carbocycles. The van der Waals surface area contributed by atoms with Gasteiger partial charge in [-0.1, -0.05) is 35.9 Å². The molecule has 0 unspecified atom stereocenters. The SMILES string of the molecule is CC(=O)c1cccc(Nc2cc(C(=O)Nc3ccccc3Cl)ncn2)c1. The van der Waals surface area contributed by atoms with Gasteiger partial charge in [0.25, 0.3) is 5.91 Å². The number of hydrogen-bond donors (Lipinski definition) is 2. The zero-order chi connectivity index (χ0) is 18.5. The summed E-state index contributed by atoms with van der Waals surface area (Å²) in [4.78, 5) is 32.0. The third-order valence-electron chi connectivity index (χ3n) is 3.56. The summed E-state index contributed by atoms with van der Waals surface area (Å²) in [5, 5.41) is 6.21. The van der Waals surface area contributed by atoms with Crippen LogP contribution in [0.1, 0.15) is 27.8 Å². The van der Waals surface area contributed by atoms with E-state index in [0.717, 1.165) is 0 Å². The number of rotatable bonds is 5. The molecule has 26 heavy (non-hydrogen) atoms. The van der Waals surface area contributed by atoms with Gasteiger partial charge in [0, 0.05) is 17.3 Å². The summed E-state index contributed by atoms with van der Waals surface area (Å²) in [6.07, 6.45) is 1.29. The molecule has 2 N–H and O–H groups in total. The Hall–Kier alpha value is -3.25. The zero-order valence-corrected chi connectivity index (χ0v) is 14.6. The van der Waals surface area contributed by atoms with Gasteiger partial charge in [-0.2, -0.15) is 0 Å². The summed E-state index contributed by atoms with van der Waals surface area (Å²) in [5.41, 5.74) is 1.96. The number of hydrogen-bond acceptors (Lipinski definition) is 5. The lowest BCUT2D eigenvalue weighted by Crippen LogP contribution is -2.14. The number of halogens is 1. The highest BCUT2D eigenvalue weighted by Gasteiger charge is 2.11. The third kappa shape index (κ3) is 4.23. The number of para-hydroxylation sites is 1. The van der Waals surface area contributed by atoms with E-state index in [1.807, 2.05) is 0 Å². The highest BCUT2D eigenvalue weighted by molar-refractivity contribution is 6.33. The average molecular weight is 367 g/mol. The van der Waals surface area contributed by atoms with Crippen molar-refractivity contribution in [2.24, 2.45) is 0 Å². The number of ketones is 1. The van der Waals surface area contributed by atoms with Gasteiger partial charge in [-0.15, -0.1) is 0 Å². The summed E-state index contributed by atoms with van der Waals surface area (Å²) >= 11 is 6.05. The van der Waals surface area contributed by atoms with Gasteiger partial charge < -0.3 is 10.6 Å². The van der Waals surface area contributed by atoms with Crippen LogP contribution in [-0.4, -0.2) is 21.7 Å². The molecule has 0 bridgehead atoms. The molecule has 0 spiro atoms. The maximum Gasteiger partial charge on any atom is 0.274 e. The number of nitrogens with one attached hydrogen (secondary N) is 2. The van der Waals surface area contributed by atoms with Crippen molar-refractivity contribution in [3.05, 3.63) is 77.2 Å².